The molecule has 1 aromatic heterocycles. The number of hydrogen-bond donors (Lipinski definition) is 0. The SMILES string of the molecule is c1cc2c3c(ccnc3c1)CC2. The van der Waals surface area contributed by atoms with Crippen LogP contribution in [0.5, 0.6) is 0 Å². The lowest BCUT2D eigenvalue weighted by molar-refractivity contribution is 1.02. The molecule has 1 nitrogen and oxygen atoms in total. The van der Waals surface area contributed by atoms with E-state index in [1.807, 2.05) is 6.20 Å². The fraction of sp³-hybridized carbons (Fsp3) is 0.182. The zero-order valence-corrected chi connectivity index (χ0v) is 6.75. The van der Waals surface area contributed by atoms with Crippen LogP contribution >= 0.6 is 0 Å². The van der Waals surface area contributed by atoms with Gasteiger partial charge in [0.25, 0.3) is 0 Å². The third-order valence-electron chi connectivity index (χ3n) is 2.60. The highest BCUT2D eigenvalue weighted by Gasteiger charge is 2.12. The Labute approximate surface area is 71.1 Å². The maximum Gasteiger partial charge on any atom is 0.0707 e. The first kappa shape index (κ1) is 6.18. The van der Waals surface area contributed by atoms with Crippen LogP contribution in [-0.4, -0.2) is 4.98 Å². The summed E-state index contributed by atoms with van der Waals surface area (Å²) < 4.78 is 0. The van der Waals surface area contributed by atoms with Crippen LogP contribution in [0.3, 0.4) is 0 Å². The third-order valence-corrected chi connectivity index (χ3v) is 2.60. The topological polar surface area (TPSA) is 12.9 Å². The van der Waals surface area contributed by atoms with Gasteiger partial charge in [-0.25, -0.2) is 0 Å². The minimum Gasteiger partial charge on any atom is -0.256 e. The van der Waals surface area contributed by atoms with Gasteiger partial charge in [0.2, 0.25) is 0 Å². The summed E-state index contributed by atoms with van der Waals surface area (Å²) in [7, 11) is 0. The van der Waals surface area contributed by atoms with Crippen molar-refractivity contribution in [2.45, 2.75) is 12.8 Å². The van der Waals surface area contributed by atoms with E-state index in [4.69, 9.17) is 0 Å². The van der Waals surface area contributed by atoms with Crippen molar-refractivity contribution in [2.75, 3.05) is 0 Å². The molecule has 0 atom stereocenters. The number of benzene rings is 1. The first-order valence-corrected chi connectivity index (χ1v) is 4.30. The second kappa shape index (κ2) is 2.07. The van der Waals surface area contributed by atoms with Crippen molar-refractivity contribution < 1.29 is 0 Å². The number of pyridine rings is 1. The fourth-order valence-corrected chi connectivity index (χ4v) is 2.04. The van der Waals surface area contributed by atoms with Gasteiger partial charge in [0, 0.05) is 11.6 Å². The second-order valence-electron chi connectivity index (χ2n) is 3.28. The first-order valence-electron chi connectivity index (χ1n) is 4.30. The molecule has 2 aromatic rings. The molecule has 0 aliphatic heterocycles. The summed E-state index contributed by atoms with van der Waals surface area (Å²) in [5, 5.41) is 1.40. The maximum atomic E-state index is 4.34. The maximum absolute atomic E-state index is 4.34. The zero-order valence-electron chi connectivity index (χ0n) is 6.75. The van der Waals surface area contributed by atoms with E-state index in [1.165, 1.54) is 29.4 Å². The normalized spacial score (nSPS) is 14.0. The van der Waals surface area contributed by atoms with Crippen molar-refractivity contribution in [3.05, 3.63) is 41.6 Å². The molecule has 0 bridgehead atoms. The van der Waals surface area contributed by atoms with Crippen LogP contribution in [0.25, 0.3) is 10.9 Å². The van der Waals surface area contributed by atoms with Crippen LogP contribution in [0.15, 0.2) is 30.5 Å². The lowest BCUT2D eigenvalue weighted by Gasteiger charge is -1.98. The Morgan fingerprint density at radius 1 is 1.00 bits per heavy atom. The van der Waals surface area contributed by atoms with Gasteiger partial charge in [-0.2, -0.15) is 0 Å². The quantitative estimate of drug-likeness (QED) is 0.569. The number of hydrogen-bond acceptors (Lipinski definition) is 1. The van der Waals surface area contributed by atoms with Crippen molar-refractivity contribution >= 4 is 10.9 Å². The molecular weight excluding hydrogens is 146 g/mol. The van der Waals surface area contributed by atoms with E-state index in [2.05, 4.69) is 29.2 Å². The summed E-state index contributed by atoms with van der Waals surface area (Å²) in [4.78, 5) is 4.34. The predicted octanol–water partition coefficient (Wildman–Crippen LogP) is 2.33. The third kappa shape index (κ3) is 0.658. The molecule has 0 saturated heterocycles. The van der Waals surface area contributed by atoms with E-state index in [9.17, 15) is 0 Å². The Morgan fingerprint density at radius 2 is 1.83 bits per heavy atom. The molecule has 58 valence electrons. The van der Waals surface area contributed by atoms with E-state index in [0.29, 0.717) is 0 Å². The van der Waals surface area contributed by atoms with Gasteiger partial charge in [-0.1, -0.05) is 12.1 Å². The molecule has 1 aliphatic carbocycles. The average molecular weight is 155 g/mol. The lowest BCUT2D eigenvalue weighted by Crippen LogP contribution is -1.80. The van der Waals surface area contributed by atoms with Crippen molar-refractivity contribution in [3.63, 3.8) is 0 Å². The van der Waals surface area contributed by atoms with Crippen molar-refractivity contribution in [1.29, 1.82) is 0 Å². The van der Waals surface area contributed by atoms with Crippen molar-refractivity contribution in [2.24, 2.45) is 0 Å². The summed E-state index contributed by atoms with van der Waals surface area (Å²) in [6, 6.07) is 8.53. The van der Waals surface area contributed by atoms with Crippen LogP contribution in [-0.2, 0) is 12.8 Å². The summed E-state index contributed by atoms with van der Waals surface area (Å²) in [6.45, 7) is 0. The van der Waals surface area contributed by atoms with Crippen molar-refractivity contribution in [3.8, 4) is 0 Å². The summed E-state index contributed by atoms with van der Waals surface area (Å²) >= 11 is 0. The average Bonchev–Trinajstić information content (AvgIpc) is 2.52. The van der Waals surface area contributed by atoms with Gasteiger partial charge in [0.15, 0.2) is 0 Å². The number of nitrogens with zero attached hydrogens (tertiary/aromatic N) is 1. The van der Waals surface area contributed by atoms with Gasteiger partial charge < -0.3 is 0 Å². The lowest BCUT2D eigenvalue weighted by atomic mass is 10.1. The van der Waals surface area contributed by atoms with E-state index >= 15 is 0 Å². The van der Waals surface area contributed by atoms with Crippen LogP contribution in [0.2, 0.25) is 0 Å². The first-order chi connectivity index (χ1) is 5.95. The van der Waals surface area contributed by atoms with E-state index in [-0.39, 0.29) is 0 Å². The Balaban J connectivity index is 2.58. The zero-order chi connectivity index (χ0) is 7.97. The molecule has 1 heterocycles. The molecule has 0 amide bonds. The Bertz CT molecular complexity index is 407. The predicted molar refractivity (Wildman–Crippen MR) is 49.2 cm³/mol. The van der Waals surface area contributed by atoms with Gasteiger partial charge in [-0.3, -0.25) is 4.98 Å². The Morgan fingerprint density at radius 3 is 2.75 bits per heavy atom. The highest BCUT2D eigenvalue weighted by molar-refractivity contribution is 5.87. The molecule has 0 saturated carbocycles. The highest BCUT2D eigenvalue weighted by Crippen LogP contribution is 2.28. The number of aromatic nitrogens is 1. The molecule has 3 rings (SSSR count). The van der Waals surface area contributed by atoms with E-state index in [0.717, 1.165) is 5.52 Å². The molecule has 0 fully saturated rings. The van der Waals surface area contributed by atoms with Gasteiger partial charge in [0.05, 0.1) is 5.52 Å². The second-order valence-corrected chi connectivity index (χ2v) is 3.28. The summed E-state index contributed by atoms with van der Waals surface area (Å²) in [5.74, 6) is 0. The van der Waals surface area contributed by atoms with Crippen LogP contribution in [0, 0.1) is 0 Å². The van der Waals surface area contributed by atoms with Gasteiger partial charge >= 0.3 is 0 Å². The van der Waals surface area contributed by atoms with E-state index < -0.39 is 0 Å². The molecule has 1 aromatic carbocycles. The molecule has 1 aliphatic rings. The molecule has 0 unspecified atom stereocenters. The molecule has 0 spiro atoms. The smallest absolute Gasteiger partial charge is 0.0707 e. The minimum atomic E-state index is 1.16. The molecule has 1 heteroatoms. The monoisotopic (exact) mass is 155 g/mol. The fourth-order valence-electron chi connectivity index (χ4n) is 2.04. The largest absolute Gasteiger partial charge is 0.256 e. The Kier molecular flexibility index (Phi) is 1.06. The van der Waals surface area contributed by atoms with Gasteiger partial charge in [0.1, 0.15) is 0 Å². The number of rotatable bonds is 0. The Hall–Kier alpha value is -1.37. The minimum absolute atomic E-state index is 1.16. The molecule has 0 radical (unpaired) electrons. The van der Waals surface area contributed by atoms with Crippen LogP contribution in [0.1, 0.15) is 11.1 Å². The standard InChI is InChI=1S/C11H9N/c1-2-8-4-5-9-6-7-12-10(3-1)11(8)9/h1-3,6-7H,4-5H2. The summed E-state index contributed by atoms with van der Waals surface area (Å²) in [5.41, 5.74) is 4.09. The van der Waals surface area contributed by atoms with Crippen molar-refractivity contribution in [1.82, 2.24) is 4.98 Å². The van der Waals surface area contributed by atoms with Gasteiger partial charge in [-0.05, 0) is 36.1 Å². The van der Waals surface area contributed by atoms with Crippen LogP contribution < -0.4 is 0 Å². The van der Waals surface area contributed by atoms with Gasteiger partial charge in [-0.15, -0.1) is 0 Å². The molecule has 0 N–H and O–H groups in total. The number of aryl methyl sites for hydroxylation is 2. The molecule has 12 heavy (non-hydrogen) atoms. The van der Waals surface area contributed by atoms with E-state index in [1.54, 1.807) is 0 Å². The van der Waals surface area contributed by atoms with Crippen LogP contribution in [0.4, 0.5) is 0 Å². The summed E-state index contributed by atoms with van der Waals surface area (Å²) in [6.07, 6.45) is 4.30. The molecular formula is C11H9N. The highest BCUT2D eigenvalue weighted by atomic mass is 14.6.